The Bertz CT molecular complexity index is 1110. The van der Waals surface area contributed by atoms with Crippen molar-refractivity contribution in [2.45, 2.75) is 13.8 Å². The third-order valence-corrected chi connectivity index (χ3v) is 5.50. The Labute approximate surface area is 159 Å². The summed E-state index contributed by atoms with van der Waals surface area (Å²) in [6, 6.07) is 12.2. The number of fused-ring (bicyclic) bond motifs is 1. The molecule has 0 radical (unpaired) electrons. The molecule has 130 valence electrons. The minimum atomic E-state index is -0.255. The molecule has 2 heterocycles. The van der Waals surface area contributed by atoms with Crippen molar-refractivity contribution in [3.63, 3.8) is 0 Å². The summed E-state index contributed by atoms with van der Waals surface area (Å²) in [5.41, 5.74) is 3.92. The van der Waals surface area contributed by atoms with Gasteiger partial charge in [-0.15, -0.1) is 11.3 Å². The van der Waals surface area contributed by atoms with E-state index in [0.717, 1.165) is 37.5 Å². The number of hydrogen-bond acceptors (Lipinski definition) is 4. The summed E-state index contributed by atoms with van der Waals surface area (Å²) >= 11 is 7.74. The maximum absolute atomic E-state index is 13.3. The average molecular weight is 384 g/mol. The largest absolute Gasteiger partial charge is 0.339 e. The van der Waals surface area contributed by atoms with Gasteiger partial charge in [-0.05, 0) is 49.2 Å². The summed E-state index contributed by atoms with van der Waals surface area (Å²) in [5.74, 6) is 0.458. The van der Waals surface area contributed by atoms with Crippen LogP contribution in [0.3, 0.4) is 0 Å². The molecule has 0 aliphatic carbocycles. The van der Waals surface area contributed by atoms with E-state index in [1.165, 1.54) is 12.1 Å². The highest BCUT2D eigenvalue weighted by Crippen LogP contribution is 2.41. The van der Waals surface area contributed by atoms with Gasteiger partial charge in [0.25, 0.3) is 0 Å². The zero-order chi connectivity index (χ0) is 18.3. The van der Waals surface area contributed by atoms with Crippen LogP contribution in [0.2, 0.25) is 5.02 Å². The molecule has 2 aromatic heterocycles. The van der Waals surface area contributed by atoms with Gasteiger partial charge in [-0.3, -0.25) is 0 Å². The van der Waals surface area contributed by atoms with Gasteiger partial charge in [0.15, 0.2) is 0 Å². The third kappa shape index (κ3) is 3.04. The standard InChI is InChI=1S/C20H15ClFN3S/c1-11-3-6-14(21)9-16(11)25-19-18-17(13-4-7-15(22)8-5-13)12(2)26-20(18)24-10-23-19/h3-10H,1-2H3,(H,23,24,25). The molecule has 0 amide bonds. The summed E-state index contributed by atoms with van der Waals surface area (Å²) in [5, 5.41) is 4.98. The van der Waals surface area contributed by atoms with Crippen LogP contribution in [0.15, 0.2) is 48.8 Å². The highest BCUT2D eigenvalue weighted by Gasteiger charge is 2.17. The van der Waals surface area contributed by atoms with E-state index in [2.05, 4.69) is 15.3 Å². The normalized spacial score (nSPS) is 11.1. The minimum absolute atomic E-state index is 0.255. The second-order valence-corrected chi connectivity index (χ2v) is 7.67. The lowest BCUT2D eigenvalue weighted by atomic mass is 10.0. The van der Waals surface area contributed by atoms with Crippen molar-refractivity contribution in [2.24, 2.45) is 0 Å². The van der Waals surface area contributed by atoms with E-state index in [4.69, 9.17) is 11.6 Å². The minimum Gasteiger partial charge on any atom is -0.339 e. The maximum atomic E-state index is 13.3. The number of hydrogen-bond donors (Lipinski definition) is 1. The molecule has 0 aliphatic heterocycles. The highest BCUT2D eigenvalue weighted by atomic mass is 35.5. The number of benzene rings is 2. The van der Waals surface area contributed by atoms with Gasteiger partial charge in [-0.25, -0.2) is 14.4 Å². The van der Waals surface area contributed by atoms with Crippen LogP contribution in [-0.4, -0.2) is 9.97 Å². The fraction of sp³-hybridized carbons (Fsp3) is 0.100. The number of nitrogens with one attached hydrogen (secondary N) is 1. The second-order valence-electron chi connectivity index (χ2n) is 6.03. The molecule has 0 fully saturated rings. The van der Waals surface area contributed by atoms with Crippen LogP contribution in [0, 0.1) is 19.7 Å². The van der Waals surface area contributed by atoms with Crippen LogP contribution in [0.1, 0.15) is 10.4 Å². The van der Waals surface area contributed by atoms with Gasteiger partial charge in [0.2, 0.25) is 0 Å². The Morgan fingerprint density at radius 1 is 1.04 bits per heavy atom. The molecule has 2 aromatic carbocycles. The molecule has 0 saturated heterocycles. The summed E-state index contributed by atoms with van der Waals surface area (Å²) in [6.07, 6.45) is 1.55. The van der Waals surface area contributed by atoms with Crippen LogP contribution < -0.4 is 5.32 Å². The first kappa shape index (κ1) is 16.9. The van der Waals surface area contributed by atoms with E-state index >= 15 is 0 Å². The first-order valence-electron chi connectivity index (χ1n) is 8.06. The first-order valence-corrected chi connectivity index (χ1v) is 9.25. The van der Waals surface area contributed by atoms with Gasteiger partial charge in [0, 0.05) is 21.2 Å². The van der Waals surface area contributed by atoms with Gasteiger partial charge >= 0.3 is 0 Å². The SMILES string of the molecule is Cc1ccc(Cl)cc1Nc1ncnc2sc(C)c(-c3ccc(F)cc3)c12. The van der Waals surface area contributed by atoms with Crippen molar-refractivity contribution >= 4 is 44.7 Å². The Morgan fingerprint density at radius 3 is 2.58 bits per heavy atom. The van der Waals surface area contributed by atoms with E-state index in [1.807, 2.05) is 32.0 Å². The number of halogens is 2. The summed E-state index contributed by atoms with van der Waals surface area (Å²) in [4.78, 5) is 10.9. The van der Waals surface area contributed by atoms with Crippen LogP contribution in [0.25, 0.3) is 21.3 Å². The molecule has 26 heavy (non-hydrogen) atoms. The smallest absolute Gasteiger partial charge is 0.143 e. The lowest BCUT2D eigenvalue weighted by Gasteiger charge is -2.11. The second kappa shape index (κ2) is 6.67. The Morgan fingerprint density at radius 2 is 1.81 bits per heavy atom. The molecule has 0 saturated carbocycles. The summed E-state index contributed by atoms with van der Waals surface area (Å²) < 4.78 is 13.3. The average Bonchev–Trinajstić information content (AvgIpc) is 2.96. The molecule has 4 rings (SSSR count). The van der Waals surface area contributed by atoms with E-state index in [0.29, 0.717) is 10.8 Å². The van der Waals surface area contributed by atoms with Crippen molar-refractivity contribution in [1.82, 2.24) is 9.97 Å². The lowest BCUT2D eigenvalue weighted by Crippen LogP contribution is -1.97. The van der Waals surface area contributed by atoms with Crippen molar-refractivity contribution in [1.29, 1.82) is 0 Å². The van der Waals surface area contributed by atoms with E-state index in [-0.39, 0.29) is 5.82 Å². The molecule has 0 bridgehead atoms. The predicted octanol–water partition coefficient (Wildman–Crippen LogP) is 6.51. The van der Waals surface area contributed by atoms with Crippen LogP contribution in [-0.2, 0) is 0 Å². The number of rotatable bonds is 3. The van der Waals surface area contributed by atoms with Gasteiger partial charge < -0.3 is 5.32 Å². The van der Waals surface area contributed by atoms with Gasteiger partial charge in [0.05, 0.1) is 5.39 Å². The van der Waals surface area contributed by atoms with E-state index in [1.54, 1.807) is 29.8 Å². The van der Waals surface area contributed by atoms with Crippen molar-refractivity contribution in [3.8, 4) is 11.1 Å². The number of thiophene rings is 1. The third-order valence-electron chi connectivity index (χ3n) is 4.25. The predicted molar refractivity (Wildman–Crippen MR) is 107 cm³/mol. The topological polar surface area (TPSA) is 37.8 Å². The molecule has 0 aliphatic rings. The zero-order valence-corrected chi connectivity index (χ0v) is 15.7. The number of nitrogens with zero attached hydrogens (tertiary/aromatic N) is 2. The number of aromatic nitrogens is 2. The number of aryl methyl sites for hydroxylation is 2. The van der Waals surface area contributed by atoms with E-state index in [9.17, 15) is 4.39 Å². The molecule has 0 spiro atoms. The van der Waals surface area contributed by atoms with Crippen LogP contribution in [0.4, 0.5) is 15.9 Å². The highest BCUT2D eigenvalue weighted by molar-refractivity contribution is 7.19. The zero-order valence-electron chi connectivity index (χ0n) is 14.2. The fourth-order valence-electron chi connectivity index (χ4n) is 2.96. The quantitative estimate of drug-likeness (QED) is 0.438. The Kier molecular flexibility index (Phi) is 4.34. The van der Waals surface area contributed by atoms with Crippen LogP contribution >= 0.6 is 22.9 Å². The van der Waals surface area contributed by atoms with Crippen LogP contribution in [0.5, 0.6) is 0 Å². The Balaban J connectivity index is 1.90. The molecule has 0 atom stereocenters. The molecule has 4 aromatic rings. The van der Waals surface area contributed by atoms with Crippen molar-refractivity contribution < 1.29 is 4.39 Å². The molecule has 3 nitrogen and oxygen atoms in total. The van der Waals surface area contributed by atoms with Gasteiger partial charge in [-0.2, -0.15) is 0 Å². The first-order chi connectivity index (χ1) is 12.5. The molecular weight excluding hydrogens is 369 g/mol. The van der Waals surface area contributed by atoms with Crippen molar-refractivity contribution in [3.05, 3.63) is 70.1 Å². The maximum Gasteiger partial charge on any atom is 0.143 e. The van der Waals surface area contributed by atoms with Gasteiger partial charge in [0.1, 0.15) is 22.8 Å². The van der Waals surface area contributed by atoms with Crippen molar-refractivity contribution in [2.75, 3.05) is 5.32 Å². The summed E-state index contributed by atoms with van der Waals surface area (Å²) in [7, 11) is 0. The lowest BCUT2D eigenvalue weighted by molar-refractivity contribution is 0.628. The monoisotopic (exact) mass is 383 g/mol. The van der Waals surface area contributed by atoms with Gasteiger partial charge in [-0.1, -0.05) is 29.8 Å². The summed E-state index contributed by atoms with van der Waals surface area (Å²) in [6.45, 7) is 4.05. The fourth-order valence-corrected chi connectivity index (χ4v) is 4.14. The number of anilines is 2. The molecular formula is C20H15ClFN3S. The molecule has 1 N–H and O–H groups in total. The Hall–Kier alpha value is -2.50. The molecule has 6 heteroatoms. The van der Waals surface area contributed by atoms with E-state index < -0.39 is 0 Å². The molecule has 0 unspecified atom stereocenters.